The number of rotatable bonds is 2. The van der Waals surface area contributed by atoms with Crippen LogP contribution in [0.2, 0.25) is 5.02 Å². The fourth-order valence-electron chi connectivity index (χ4n) is 1.04. The maximum absolute atomic E-state index is 10.7. The van der Waals surface area contributed by atoms with Crippen LogP contribution in [-0.2, 0) is 11.4 Å². The van der Waals surface area contributed by atoms with Crippen LogP contribution in [0, 0.1) is 11.8 Å². The predicted octanol–water partition coefficient (Wildman–Crippen LogP) is 2.46. The van der Waals surface area contributed by atoms with E-state index in [0.717, 1.165) is 17.3 Å². The Labute approximate surface area is 104 Å². The highest BCUT2D eigenvalue weighted by atomic mass is 35.5. The molecular weight excluding hydrogens is 244 g/mol. The topological polar surface area (TPSA) is 37.3 Å². The standard InChI is InChI=1S/C12H11ClO2S/c1-9(15)16-6-2-3-11-7-10(8-14)4-5-12(11)13/h4-5,7,14H,6,8H2,1H3. The molecule has 0 fully saturated rings. The number of halogens is 1. The number of benzene rings is 1. The van der Waals surface area contributed by atoms with Crippen molar-refractivity contribution in [2.75, 3.05) is 5.75 Å². The molecule has 4 heteroatoms. The zero-order valence-electron chi connectivity index (χ0n) is 8.79. The van der Waals surface area contributed by atoms with E-state index in [-0.39, 0.29) is 11.7 Å². The Bertz CT molecular complexity index is 446. The van der Waals surface area contributed by atoms with Gasteiger partial charge in [-0.25, -0.2) is 0 Å². The van der Waals surface area contributed by atoms with Crippen molar-refractivity contribution in [2.45, 2.75) is 13.5 Å². The molecule has 0 aliphatic rings. The van der Waals surface area contributed by atoms with Crippen LogP contribution < -0.4 is 0 Å². The van der Waals surface area contributed by atoms with E-state index in [2.05, 4.69) is 11.8 Å². The van der Waals surface area contributed by atoms with E-state index in [1.54, 1.807) is 18.2 Å². The zero-order valence-corrected chi connectivity index (χ0v) is 10.4. The molecule has 0 aromatic heterocycles. The summed E-state index contributed by atoms with van der Waals surface area (Å²) in [5.41, 5.74) is 1.45. The van der Waals surface area contributed by atoms with Gasteiger partial charge in [0.1, 0.15) is 0 Å². The predicted molar refractivity (Wildman–Crippen MR) is 67.4 cm³/mol. The van der Waals surface area contributed by atoms with E-state index in [4.69, 9.17) is 16.7 Å². The van der Waals surface area contributed by atoms with Gasteiger partial charge < -0.3 is 5.11 Å². The number of aliphatic hydroxyl groups excluding tert-OH is 1. The molecule has 1 aromatic rings. The van der Waals surface area contributed by atoms with Gasteiger partial charge in [0.2, 0.25) is 0 Å². The molecule has 0 bridgehead atoms. The highest BCUT2D eigenvalue weighted by Gasteiger charge is 1.98. The number of aliphatic hydroxyl groups is 1. The largest absolute Gasteiger partial charge is 0.392 e. The van der Waals surface area contributed by atoms with Gasteiger partial charge in [-0.15, -0.1) is 0 Å². The molecule has 0 saturated carbocycles. The zero-order chi connectivity index (χ0) is 12.0. The first-order chi connectivity index (χ1) is 7.63. The minimum absolute atomic E-state index is 0.0337. The monoisotopic (exact) mass is 254 g/mol. The molecule has 0 aliphatic carbocycles. The average Bonchev–Trinajstić information content (AvgIpc) is 2.26. The average molecular weight is 255 g/mol. The van der Waals surface area contributed by atoms with Crippen LogP contribution in [0.15, 0.2) is 18.2 Å². The molecule has 0 unspecified atom stereocenters. The summed E-state index contributed by atoms with van der Waals surface area (Å²) in [6.07, 6.45) is 0. The van der Waals surface area contributed by atoms with Crippen LogP contribution in [-0.4, -0.2) is 16.0 Å². The van der Waals surface area contributed by atoms with E-state index >= 15 is 0 Å². The maximum Gasteiger partial charge on any atom is 0.186 e. The summed E-state index contributed by atoms with van der Waals surface area (Å²) in [6, 6.07) is 5.20. The third-order valence-corrected chi connectivity index (χ3v) is 2.81. The fraction of sp³-hybridized carbons (Fsp3) is 0.250. The van der Waals surface area contributed by atoms with Gasteiger partial charge in [0.05, 0.1) is 17.4 Å². The molecule has 0 atom stereocenters. The Morgan fingerprint density at radius 3 is 2.94 bits per heavy atom. The second kappa shape index (κ2) is 6.59. The van der Waals surface area contributed by atoms with Gasteiger partial charge in [0.15, 0.2) is 5.12 Å². The lowest BCUT2D eigenvalue weighted by Gasteiger charge is -1.99. The summed E-state index contributed by atoms with van der Waals surface area (Å²) in [7, 11) is 0. The van der Waals surface area contributed by atoms with Gasteiger partial charge in [-0.05, 0) is 17.7 Å². The molecule has 1 N–H and O–H groups in total. The second-order valence-electron chi connectivity index (χ2n) is 3.05. The lowest BCUT2D eigenvalue weighted by molar-refractivity contribution is -0.109. The number of hydrogen-bond donors (Lipinski definition) is 1. The van der Waals surface area contributed by atoms with E-state index in [1.807, 2.05) is 0 Å². The van der Waals surface area contributed by atoms with Gasteiger partial charge >= 0.3 is 0 Å². The van der Waals surface area contributed by atoms with Gasteiger partial charge in [-0.3, -0.25) is 4.79 Å². The molecule has 84 valence electrons. The van der Waals surface area contributed by atoms with Gasteiger partial charge in [0, 0.05) is 12.5 Å². The van der Waals surface area contributed by atoms with Crippen LogP contribution >= 0.6 is 23.4 Å². The first kappa shape index (κ1) is 13.1. The molecule has 0 amide bonds. The lowest BCUT2D eigenvalue weighted by atomic mass is 10.1. The quantitative estimate of drug-likeness (QED) is 0.824. The van der Waals surface area contributed by atoms with Crippen LogP contribution in [0.1, 0.15) is 18.1 Å². The van der Waals surface area contributed by atoms with Gasteiger partial charge in [-0.2, -0.15) is 0 Å². The van der Waals surface area contributed by atoms with Crippen molar-refractivity contribution in [2.24, 2.45) is 0 Å². The number of carbonyl (C=O) groups is 1. The number of hydrogen-bond acceptors (Lipinski definition) is 3. The van der Waals surface area contributed by atoms with Crippen LogP contribution in [0.25, 0.3) is 0 Å². The van der Waals surface area contributed by atoms with Crippen molar-refractivity contribution in [1.82, 2.24) is 0 Å². The van der Waals surface area contributed by atoms with E-state index in [9.17, 15) is 4.79 Å². The molecule has 0 aliphatic heterocycles. The molecule has 0 heterocycles. The molecule has 0 saturated heterocycles. The Balaban J connectivity index is 2.75. The smallest absolute Gasteiger partial charge is 0.186 e. The van der Waals surface area contributed by atoms with Crippen molar-refractivity contribution in [3.05, 3.63) is 34.3 Å². The Kier molecular flexibility index (Phi) is 5.41. The van der Waals surface area contributed by atoms with E-state index in [0.29, 0.717) is 16.3 Å². The van der Waals surface area contributed by atoms with Crippen molar-refractivity contribution in [1.29, 1.82) is 0 Å². The molecule has 16 heavy (non-hydrogen) atoms. The minimum atomic E-state index is -0.0337. The van der Waals surface area contributed by atoms with Crippen LogP contribution in [0.5, 0.6) is 0 Å². The highest BCUT2D eigenvalue weighted by molar-refractivity contribution is 8.13. The van der Waals surface area contributed by atoms with Gasteiger partial charge in [0.25, 0.3) is 0 Å². The van der Waals surface area contributed by atoms with E-state index in [1.165, 1.54) is 6.92 Å². The third-order valence-electron chi connectivity index (χ3n) is 1.78. The van der Waals surface area contributed by atoms with Crippen molar-refractivity contribution >= 4 is 28.5 Å². The molecule has 2 nitrogen and oxygen atoms in total. The van der Waals surface area contributed by atoms with Crippen molar-refractivity contribution in [3.63, 3.8) is 0 Å². The van der Waals surface area contributed by atoms with Gasteiger partial charge in [-0.1, -0.05) is 41.3 Å². The first-order valence-electron chi connectivity index (χ1n) is 4.65. The maximum atomic E-state index is 10.7. The highest BCUT2D eigenvalue weighted by Crippen LogP contribution is 2.16. The summed E-state index contributed by atoms with van der Waals surface area (Å²) in [6.45, 7) is 1.47. The summed E-state index contributed by atoms with van der Waals surface area (Å²) in [4.78, 5) is 10.7. The van der Waals surface area contributed by atoms with Crippen LogP contribution in [0.3, 0.4) is 0 Å². The first-order valence-corrected chi connectivity index (χ1v) is 6.01. The fourth-order valence-corrected chi connectivity index (χ4v) is 1.55. The van der Waals surface area contributed by atoms with Crippen molar-refractivity contribution < 1.29 is 9.90 Å². The lowest BCUT2D eigenvalue weighted by Crippen LogP contribution is -1.86. The van der Waals surface area contributed by atoms with Crippen molar-refractivity contribution in [3.8, 4) is 11.8 Å². The van der Waals surface area contributed by atoms with Crippen LogP contribution in [0.4, 0.5) is 0 Å². The summed E-state index contributed by atoms with van der Waals surface area (Å²) in [5, 5.41) is 9.56. The normalized spacial score (nSPS) is 9.44. The molecule has 0 radical (unpaired) electrons. The second-order valence-corrected chi connectivity index (χ2v) is 4.61. The summed E-state index contributed by atoms with van der Waals surface area (Å²) >= 11 is 7.10. The number of carbonyl (C=O) groups excluding carboxylic acids is 1. The molecule has 1 rings (SSSR count). The molecular formula is C12H11ClO2S. The molecule has 0 spiro atoms. The Morgan fingerprint density at radius 2 is 2.31 bits per heavy atom. The number of thioether (sulfide) groups is 1. The summed E-state index contributed by atoms with van der Waals surface area (Å²) < 4.78 is 0. The minimum Gasteiger partial charge on any atom is -0.392 e. The Hall–Kier alpha value is -0.950. The molecule has 1 aromatic carbocycles. The Morgan fingerprint density at radius 1 is 1.56 bits per heavy atom. The summed E-state index contributed by atoms with van der Waals surface area (Å²) in [5.74, 6) is 6.18. The third kappa shape index (κ3) is 4.28. The SMILES string of the molecule is CC(=O)SCC#Cc1cc(CO)ccc1Cl. The van der Waals surface area contributed by atoms with E-state index < -0.39 is 0 Å².